The van der Waals surface area contributed by atoms with Crippen LogP contribution in [0.15, 0.2) is 48.5 Å². The molecule has 3 atom stereocenters. The number of carbonyl (C=O) groups is 3. The van der Waals surface area contributed by atoms with E-state index in [4.69, 9.17) is 5.11 Å². The van der Waals surface area contributed by atoms with Crippen molar-refractivity contribution >= 4 is 23.5 Å². The highest BCUT2D eigenvalue weighted by Crippen LogP contribution is 2.35. The Labute approximate surface area is 168 Å². The summed E-state index contributed by atoms with van der Waals surface area (Å²) in [5.41, 5.74) is 1.63. The first-order chi connectivity index (χ1) is 13.8. The van der Waals surface area contributed by atoms with E-state index in [2.05, 4.69) is 10.6 Å². The zero-order valence-electron chi connectivity index (χ0n) is 16.0. The van der Waals surface area contributed by atoms with Gasteiger partial charge in [-0.15, -0.1) is 0 Å². The molecule has 3 unspecified atom stereocenters. The van der Waals surface area contributed by atoms with Crippen molar-refractivity contribution < 1.29 is 23.9 Å². The number of rotatable bonds is 7. The Hall–Kier alpha value is -3.22. The van der Waals surface area contributed by atoms with Gasteiger partial charge in [-0.3, -0.25) is 14.4 Å². The van der Waals surface area contributed by atoms with Gasteiger partial charge in [-0.2, -0.15) is 0 Å². The van der Waals surface area contributed by atoms with Crippen molar-refractivity contribution in [2.24, 2.45) is 11.8 Å². The highest BCUT2D eigenvalue weighted by atomic mass is 19.1. The van der Waals surface area contributed by atoms with Gasteiger partial charge in [0.2, 0.25) is 11.8 Å². The lowest BCUT2D eigenvalue weighted by Crippen LogP contribution is -2.44. The van der Waals surface area contributed by atoms with Crippen LogP contribution in [0.25, 0.3) is 0 Å². The molecule has 1 fully saturated rings. The molecule has 6 nitrogen and oxygen atoms in total. The molecule has 1 aliphatic rings. The van der Waals surface area contributed by atoms with E-state index in [0.29, 0.717) is 24.1 Å². The molecule has 0 aromatic heterocycles. The van der Waals surface area contributed by atoms with Crippen LogP contribution < -0.4 is 10.6 Å². The molecule has 2 aromatic rings. The number of nitrogens with one attached hydrogen (secondary N) is 2. The van der Waals surface area contributed by atoms with Crippen molar-refractivity contribution in [1.82, 2.24) is 5.32 Å². The topological polar surface area (TPSA) is 95.5 Å². The molecule has 3 N–H and O–H groups in total. The largest absolute Gasteiger partial charge is 0.481 e. The number of hydrogen-bond acceptors (Lipinski definition) is 3. The molecule has 3 rings (SSSR count). The standard InChI is InChI=1S/C22H23FN2O4/c1-13(24-21(27)17-9-10-18(17)22(28)29)14-6-4-7-16(11-14)25-20(26)12-15-5-2-3-8-19(15)23/h2-8,11,13,17-18H,9-10,12H2,1H3,(H,24,27)(H,25,26)(H,28,29). The van der Waals surface area contributed by atoms with Crippen LogP contribution in [0.2, 0.25) is 0 Å². The molecule has 0 bridgehead atoms. The van der Waals surface area contributed by atoms with Gasteiger partial charge in [-0.05, 0) is 49.1 Å². The van der Waals surface area contributed by atoms with E-state index in [-0.39, 0.29) is 24.3 Å². The summed E-state index contributed by atoms with van der Waals surface area (Å²) in [6.07, 6.45) is 1.01. The number of carboxylic acids is 1. The maximum absolute atomic E-state index is 13.7. The van der Waals surface area contributed by atoms with Crippen LogP contribution in [0.4, 0.5) is 10.1 Å². The number of carbonyl (C=O) groups excluding carboxylic acids is 2. The van der Waals surface area contributed by atoms with Crippen LogP contribution >= 0.6 is 0 Å². The lowest BCUT2D eigenvalue weighted by Gasteiger charge is -2.33. The second kappa shape index (κ2) is 8.86. The summed E-state index contributed by atoms with van der Waals surface area (Å²) in [5, 5.41) is 14.7. The number of anilines is 1. The van der Waals surface area contributed by atoms with Crippen LogP contribution in [-0.4, -0.2) is 22.9 Å². The van der Waals surface area contributed by atoms with E-state index in [1.165, 1.54) is 6.07 Å². The highest BCUT2D eigenvalue weighted by molar-refractivity contribution is 5.92. The first-order valence-electron chi connectivity index (χ1n) is 9.51. The van der Waals surface area contributed by atoms with Crippen molar-refractivity contribution in [2.75, 3.05) is 5.32 Å². The minimum absolute atomic E-state index is 0.0819. The third kappa shape index (κ3) is 4.99. The summed E-state index contributed by atoms with van der Waals surface area (Å²) in [6.45, 7) is 1.80. The Morgan fingerprint density at radius 1 is 1.10 bits per heavy atom. The molecule has 2 amide bonds. The minimum Gasteiger partial charge on any atom is -0.481 e. The normalized spacial score (nSPS) is 19.0. The Morgan fingerprint density at radius 2 is 1.83 bits per heavy atom. The maximum atomic E-state index is 13.7. The first-order valence-corrected chi connectivity index (χ1v) is 9.51. The predicted octanol–water partition coefficient (Wildman–Crippen LogP) is 3.29. The van der Waals surface area contributed by atoms with Crippen molar-refractivity contribution in [3.05, 3.63) is 65.5 Å². The zero-order valence-corrected chi connectivity index (χ0v) is 16.0. The third-order valence-corrected chi connectivity index (χ3v) is 5.27. The summed E-state index contributed by atoms with van der Waals surface area (Å²) in [6, 6.07) is 12.8. The Kier molecular flexibility index (Phi) is 6.26. The van der Waals surface area contributed by atoms with E-state index in [9.17, 15) is 18.8 Å². The molecular formula is C22H23FN2O4. The quantitative estimate of drug-likeness (QED) is 0.667. The summed E-state index contributed by atoms with van der Waals surface area (Å²) in [5.74, 6) is -3.11. The number of amides is 2. The van der Waals surface area contributed by atoms with Gasteiger partial charge in [-0.25, -0.2) is 4.39 Å². The van der Waals surface area contributed by atoms with Gasteiger partial charge < -0.3 is 15.7 Å². The van der Waals surface area contributed by atoms with E-state index in [1.807, 2.05) is 6.07 Å². The van der Waals surface area contributed by atoms with Gasteiger partial charge in [0.15, 0.2) is 0 Å². The summed E-state index contributed by atoms with van der Waals surface area (Å²) in [7, 11) is 0. The first kappa shape index (κ1) is 20.5. The van der Waals surface area contributed by atoms with Gasteiger partial charge in [0.25, 0.3) is 0 Å². The maximum Gasteiger partial charge on any atom is 0.307 e. The number of halogens is 1. The van der Waals surface area contributed by atoms with E-state index >= 15 is 0 Å². The van der Waals surface area contributed by atoms with Crippen LogP contribution in [0.1, 0.15) is 36.9 Å². The van der Waals surface area contributed by atoms with Crippen LogP contribution in [0, 0.1) is 17.7 Å². The molecule has 1 aliphatic carbocycles. The molecule has 0 heterocycles. The second-order valence-electron chi connectivity index (χ2n) is 7.30. The number of benzene rings is 2. The third-order valence-electron chi connectivity index (χ3n) is 5.27. The smallest absolute Gasteiger partial charge is 0.307 e. The summed E-state index contributed by atoms with van der Waals surface area (Å²) < 4.78 is 13.7. The van der Waals surface area contributed by atoms with E-state index in [1.54, 1.807) is 43.3 Å². The second-order valence-corrected chi connectivity index (χ2v) is 7.30. The molecule has 0 radical (unpaired) electrons. The monoisotopic (exact) mass is 398 g/mol. The van der Waals surface area contributed by atoms with Gasteiger partial charge in [-0.1, -0.05) is 30.3 Å². The summed E-state index contributed by atoms with van der Waals surface area (Å²) in [4.78, 5) is 35.7. The van der Waals surface area contributed by atoms with Crippen LogP contribution in [-0.2, 0) is 20.8 Å². The molecule has 152 valence electrons. The van der Waals surface area contributed by atoms with Crippen LogP contribution in [0.5, 0.6) is 0 Å². The van der Waals surface area contributed by atoms with Crippen molar-refractivity contribution in [1.29, 1.82) is 0 Å². The average Bonchev–Trinajstić information content (AvgIpc) is 2.62. The molecule has 0 aliphatic heterocycles. The minimum atomic E-state index is -0.941. The van der Waals surface area contributed by atoms with E-state index < -0.39 is 23.6 Å². The molecule has 0 saturated heterocycles. The average molecular weight is 398 g/mol. The molecular weight excluding hydrogens is 375 g/mol. The van der Waals surface area contributed by atoms with Crippen LogP contribution in [0.3, 0.4) is 0 Å². The number of aliphatic carboxylic acids is 1. The van der Waals surface area contributed by atoms with Gasteiger partial charge in [0, 0.05) is 5.69 Å². The van der Waals surface area contributed by atoms with Crippen molar-refractivity contribution in [3.8, 4) is 0 Å². The molecule has 2 aromatic carbocycles. The number of hydrogen-bond donors (Lipinski definition) is 3. The van der Waals surface area contributed by atoms with Crippen molar-refractivity contribution in [3.63, 3.8) is 0 Å². The molecule has 0 spiro atoms. The number of carboxylic acid groups (broad SMARTS) is 1. The van der Waals surface area contributed by atoms with Crippen molar-refractivity contribution in [2.45, 2.75) is 32.2 Å². The van der Waals surface area contributed by atoms with E-state index in [0.717, 1.165) is 5.56 Å². The lowest BCUT2D eigenvalue weighted by molar-refractivity contribution is -0.152. The SMILES string of the molecule is CC(NC(=O)C1CCC1C(=O)O)c1cccc(NC(=O)Cc2ccccc2F)c1. The Morgan fingerprint density at radius 3 is 2.48 bits per heavy atom. The zero-order chi connectivity index (χ0) is 21.0. The summed E-state index contributed by atoms with van der Waals surface area (Å²) >= 11 is 0. The molecule has 29 heavy (non-hydrogen) atoms. The highest BCUT2D eigenvalue weighted by Gasteiger charge is 2.41. The lowest BCUT2D eigenvalue weighted by atomic mass is 9.73. The molecule has 7 heteroatoms. The fraction of sp³-hybridized carbons (Fsp3) is 0.318. The predicted molar refractivity (Wildman–Crippen MR) is 106 cm³/mol. The molecule has 1 saturated carbocycles. The Balaban J connectivity index is 1.60. The fourth-order valence-electron chi connectivity index (χ4n) is 3.42. The Bertz CT molecular complexity index is 931. The van der Waals surface area contributed by atoms with Gasteiger partial charge >= 0.3 is 5.97 Å². The van der Waals surface area contributed by atoms with Gasteiger partial charge in [0.05, 0.1) is 24.3 Å². The fourth-order valence-corrected chi connectivity index (χ4v) is 3.42. The van der Waals surface area contributed by atoms with Gasteiger partial charge in [0.1, 0.15) is 5.82 Å².